The van der Waals surface area contributed by atoms with Gasteiger partial charge in [0.1, 0.15) is 18.3 Å². The summed E-state index contributed by atoms with van der Waals surface area (Å²) in [6.45, 7) is 5.29. The minimum Gasteiger partial charge on any atom is -0.492 e. The van der Waals surface area contributed by atoms with Crippen LogP contribution in [0.3, 0.4) is 0 Å². The van der Waals surface area contributed by atoms with Crippen LogP contribution in [-0.4, -0.2) is 50.9 Å². The van der Waals surface area contributed by atoms with Crippen molar-refractivity contribution in [1.82, 2.24) is 10.2 Å². The number of carbonyl (C=O) groups excluding carboxylic acids is 2. The fourth-order valence-corrected chi connectivity index (χ4v) is 6.20. The summed E-state index contributed by atoms with van der Waals surface area (Å²) in [4.78, 5) is 28.5. The standard InChI is InChI=1S/C29H33Cl2N3O5S/c1-4-25(29(36)32-5-2)33(19-22-23(30)15-12-16-24(22)31)28(35)20-34(26-17-10-11-18-27(26)39-6-3)40(37,38)21-13-8-7-9-14-21/h7-18,25H,4-6,19-20H2,1-3H3,(H,32,36)/t25-/m0/s1. The Hall–Kier alpha value is -3.27. The quantitative estimate of drug-likeness (QED) is 0.276. The second-order valence-corrected chi connectivity index (χ2v) is 11.4. The van der Waals surface area contributed by atoms with Gasteiger partial charge in [0.2, 0.25) is 11.8 Å². The largest absolute Gasteiger partial charge is 0.492 e. The molecule has 0 aliphatic carbocycles. The Morgan fingerprint density at radius 3 is 2.12 bits per heavy atom. The van der Waals surface area contributed by atoms with Gasteiger partial charge in [-0.3, -0.25) is 13.9 Å². The molecule has 0 aromatic heterocycles. The van der Waals surface area contributed by atoms with E-state index >= 15 is 0 Å². The zero-order valence-electron chi connectivity index (χ0n) is 22.6. The smallest absolute Gasteiger partial charge is 0.264 e. The van der Waals surface area contributed by atoms with Crippen LogP contribution in [0.1, 0.15) is 32.8 Å². The average molecular weight is 607 g/mol. The molecule has 0 spiro atoms. The maximum atomic E-state index is 14.1. The van der Waals surface area contributed by atoms with Crippen LogP contribution in [0.4, 0.5) is 5.69 Å². The van der Waals surface area contributed by atoms with Crippen LogP contribution in [-0.2, 0) is 26.2 Å². The fourth-order valence-electron chi connectivity index (χ4n) is 4.24. The van der Waals surface area contributed by atoms with Crippen molar-refractivity contribution in [1.29, 1.82) is 0 Å². The number of hydrogen-bond acceptors (Lipinski definition) is 5. The zero-order valence-corrected chi connectivity index (χ0v) is 25.0. The summed E-state index contributed by atoms with van der Waals surface area (Å²) >= 11 is 12.9. The van der Waals surface area contributed by atoms with Crippen molar-refractivity contribution in [3.8, 4) is 5.75 Å². The molecule has 0 aliphatic rings. The lowest BCUT2D eigenvalue weighted by atomic mass is 10.1. The van der Waals surface area contributed by atoms with E-state index in [1.165, 1.54) is 17.0 Å². The summed E-state index contributed by atoms with van der Waals surface area (Å²) in [6, 6.07) is 18.5. The number of hydrogen-bond donors (Lipinski definition) is 1. The molecule has 3 aromatic rings. The molecule has 0 unspecified atom stereocenters. The highest BCUT2D eigenvalue weighted by Crippen LogP contribution is 2.33. The van der Waals surface area contributed by atoms with Gasteiger partial charge in [-0.1, -0.05) is 66.5 Å². The molecule has 11 heteroatoms. The van der Waals surface area contributed by atoms with E-state index in [0.717, 1.165) is 4.31 Å². The molecule has 214 valence electrons. The monoisotopic (exact) mass is 605 g/mol. The van der Waals surface area contributed by atoms with E-state index in [4.69, 9.17) is 27.9 Å². The third kappa shape index (κ3) is 7.27. The number of amides is 2. The van der Waals surface area contributed by atoms with Gasteiger partial charge in [0.25, 0.3) is 10.0 Å². The van der Waals surface area contributed by atoms with E-state index in [9.17, 15) is 18.0 Å². The molecule has 0 radical (unpaired) electrons. The second kappa shape index (κ2) is 14.4. The molecule has 0 bridgehead atoms. The number of sulfonamides is 1. The number of nitrogens with one attached hydrogen (secondary N) is 1. The molecular weight excluding hydrogens is 573 g/mol. The van der Waals surface area contributed by atoms with E-state index in [-0.39, 0.29) is 36.1 Å². The third-order valence-electron chi connectivity index (χ3n) is 6.17. The van der Waals surface area contributed by atoms with E-state index in [1.807, 2.05) is 0 Å². The summed E-state index contributed by atoms with van der Waals surface area (Å²) < 4.78 is 34.7. The first-order chi connectivity index (χ1) is 19.1. The number of benzene rings is 3. The van der Waals surface area contributed by atoms with Crippen LogP contribution >= 0.6 is 23.2 Å². The summed E-state index contributed by atoms with van der Waals surface area (Å²) in [5.41, 5.74) is 0.650. The summed E-state index contributed by atoms with van der Waals surface area (Å²) in [6.07, 6.45) is 0.278. The number of carbonyl (C=O) groups is 2. The van der Waals surface area contributed by atoms with Crippen molar-refractivity contribution < 1.29 is 22.7 Å². The second-order valence-electron chi connectivity index (χ2n) is 8.77. The van der Waals surface area contributed by atoms with E-state index in [2.05, 4.69) is 5.32 Å². The molecule has 0 aliphatic heterocycles. The molecule has 40 heavy (non-hydrogen) atoms. The molecule has 0 heterocycles. The normalized spacial score (nSPS) is 11.9. The molecule has 2 amide bonds. The van der Waals surface area contributed by atoms with Gasteiger partial charge in [-0.05, 0) is 56.7 Å². The highest BCUT2D eigenvalue weighted by atomic mass is 35.5. The highest BCUT2D eigenvalue weighted by Gasteiger charge is 2.35. The number of nitrogens with zero attached hydrogens (tertiary/aromatic N) is 2. The Morgan fingerprint density at radius 2 is 1.52 bits per heavy atom. The summed E-state index contributed by atoms with van der Waals surface area (Å²) in [5, 5.41) is 3.41. The van der Waals surface area contributed by atoms with Crippen LogP contribution < -0.4 is 14.4 Å². The Labute approximate surface area is 245 Å². The van der Waals surface area contributed by atoms with Gasteiger partial charge in [-0.15, -0.1) is 0 Å². The van der Waals surface area contributed by atoms with E-state index in [0.29, 0.717) is 27.9 Å². The number of anilines is 1. The van der Waals surface area contributed by atoms with Crippen LogP contribution in [0.25, 0.3) is 0 Å². The lowest BCUT2D eigenvalue weighted by molar-refractivity contribution is -0.140. The van der Waals surface area contributed by atoms with Crippen molar-refractivity contribution in [3.05, 3.63) is 88.4 Å². The molecule has 3 rings (SSSR count). The lowest BCUT2D eigenvalue weighted by Crippen LogP contribution is -2.52. The van der Waals surface area contributed by atoms with Gasteiger partial charge in [0.05, 0.1) is 17.2 Å². The van der Waals surface area contributed by atoms with Gasteiger partial charge in [-0.2, -0.15) is 0 Å². The van der Waals surface area contributed by atoms with Crippen molar-refractivity contribution in [3.63, 3.8) is 0 Å². The predicted molar refractivity (Wildman–Crippen MR) is 158 cm³/mol. The molecule has 8 nitrogen and oxygen atoms in total. The van der Waals surface area contributed by atoms with Crippen LogP contribution in [0.5, 0.6) is 5.75 Å². The van der Waals surface area contributed by atoms with E-state index < -0.39 is 28.5 Å². The van der Waals surface area contributed by atoms with Gasteiger partial charge < -0.3 is 15.0 Å². The van der Waals surface area contributed by atoms with Gasteiger partial charge >= 0.3 is 0 Å². The Morgan fingerprint density at radius 1 is 0.900 bits per heavy atom. The van der Waals surface area contributed by atoms with E-state index in [1.54, 1.807) is 81.4 Å². The molecule has 0 fully saturated rings. The Balaban J connectivity index is 2.14. The van der Waals surface area contributed by atoms with Gasteiger partial charge in [-0.25, -0.2) is 8.42 Å². The van der Waals surface area contributed by atoms with Crippen molar-refractivity contribution in [2.45, 2.75) is 44.7 Å². The Kier molecular flexibility index (Phi) is 11.2. The van der Waals surface area contributed by atoms with Crippen LogP contribution in [0.2, 0.25) is 10.0 Å². The fraction of sp³-hybridized carbons (Fsp3) is 0.310. The van der Waals surface area contributed by atoms with Crippen molar-refractivity contribution >= 4 is 50.7 Å². The summed E-state index contributed by atoms with van der Waals surface area (Å²) in [7, 11) is -4.22. The number of likely N-dealkylation sites (N-methyl/N-ethyl adjacent to an activating group) is 1. The Bertz CT molecular complexity index is 1400. The third-order valence-corrected chi connectivity index (χ3v) is 8.65. The van der Waals surface area contributed by atoms with Crippen LogP contribution in [0, 0.1) is 0 Å². The molecule has 0 saturated heterocycles. The maximum Gasteiger partial charge on any atom is 0.264 e. The first-order valence-corrected chi connectivity index (χ1v) is 15.1. The molecule has 1 N–H and O–H groups in total. The minimum absolute atomic E-state index is 0.00515. The number of para-hydroxylation sites is 2. The number of halogens is 2. The summed E-state index contributed by atoms with van der Waals surface area (Å²) in [5.74, 6) is -0.678. The first-order valence-electron chi connectivity index (χ1n) is 12.9. The predicted octanol–water partition coefficient (Wildman–Crippen LogP) is 5.53. The van der Waals surface area contributed by atoms with Crippen molar-refractivity contribution in [2.75, 3.05) is 24.0 Å². The number of ether oxygens (including phenoxy) is 1. The SMILES string of the molecule is CCNC(=O)[C@H](CC)N(Cc1c(Cl)cccc1Cl)C(=O)CN(c1ccccc1OCC)S(=O)(=O)c1ccccc1. The zero-order chi connectivity index (χ0) is 29.3. The van der Waals surface area contributed by atoms with Crippen molar-refractivity contribution in [2.24, 2.45) is 0 Å². The van der Waals surface area contributed by atoms with Gasteiger partial charge in [0.15, 0.2) is 0 Å². The molecular formula is C29H33Cl2N3O5S. The number of rotatable bonds is 13. The van der Waals surface area contributed by atoms with Gasteiger partial charge in [0, 0.05) is 28.7 Å². The lowest BCUT2D eigenvalue weighted by Gasteiger charge is -2.33. The molecule has 3 aromatic carbocycles. The molecule has 1 atom stereocenters. The van der Waals surface area contributed by atoms with Crippen LogP contribution in [0.15, 0.2) is 77.7 Å². The highest BCUT2D eigenvalue weighted by molar-refractivity contribution is 7.92. The molecule has 0 saturated carbocycles. The first kappa shape index (κ1) is 31.3. The minimum atomic E-state index is -4.22. The average Bonchev–Trinajstić information content (AvgIpc) is 2.94. The topological polar surface area (TPSA) is 96.0 Å². The maximum absolute atomic E-state index is 14.1.